The molecule has 1 saturated carbocycles. The number of nitrogens with one attached hydrogen (secondary N) is 2. The fraction of sp³-hybridized carbons (Fsp3) is 0.281. The molecule has 2 aliphatic rings. The summed E-state index contributed by atoms with van der Waals surface area (Å²) in [7, 11) is 1.36. The molecule has 0 spiro atoms. The molecule has 0 aliphatic heterocycles. The van der Waals surface area contributed by atoms with E-state index in [-0.39, 0.29) is 40.8 Å². The van der Waals surface area contributed by atoms with Crippen LogP contribution in [-0.4, -0.2) is 33.5 Å². The Morgan fingerprint density at radius 1 is 1.09 bits per heavy atom. The molecule has 0 radical (unpaired) electrons. The summed E-state index contributed by atoms with van der Waals surface area (Å²) < 4.78 is 72.2. The van der Waals surface area contributed by atoms with E-state index in [0.717, 1.165) is 22.8 Å². The third-order valence-electron chi connectivity index (χ3n) is 8.26. The number of carbonyl (C=O) groups excluding carboxylic acids is 2. The molecule has 3 N–H and O–H groups in total. The number of rotatable bonds is 9. The van der Waals surface area contributed by atoms with Crippen LogP contribution in [0.5, 0.6) is 0 Å². The molecule has 2 amide bonds. The predicted octanol–water partition coefficient (Wildman–Crippen LogP) is 5.52. The lowest BCUT2D eigenvalue weighted by Crippen LogP contribution is -2.34. The van der Waals surface area contributed by atoms with Gasteiger partial charge in [-0.15, -0.1) is 0 Å². The number of halogens is 5. The van der Waals surface area contributed by atoms with E-state index >= 15 is 0 Å². The number of aliphatic hydroxyl groups excluding tert-OH is 1. The van der Waals surface area contributed by atoms with Crippen molar-refractivity contribution in [2.75, 3.05) is 7.05 Å². The van der Waals surface area contributed by atoms with Crippen molar-refractivity contribution in [2.24, 2.45) is 5.92 Å². The molecule has 4 atom stereocenters. The molecule has 228 valence electrons. The molecule has 0 bridgehead atoms. The van der Waals surface area contributed by atoms with Crippen LogP contribution in [0, 0.1) is 23.4 Å². The molecule has 2 heterocycles. The van der Waals surface area contributed by atoms with E-state index < -0.39 is 54.4 Å². The monoisotopic (exact) mass is 610 g/mol. The van der Waals surface area contributed by atoms with Gasteiger partial charge < -0.3 is 20.3 Å². The van der Waals surface area contributed by atoms with Gasteiger partial charge in [0, 0.05) is 36.6 Å². The summed E-state index contributed by atoms with van der Waals surface area (Å²) in [6.45, 7) is -0.510. The molecule has 0 saturated heterocycles. The maximum atomic E-state index is 14.4. The maximum Gasteiger partial charge on any atom is 0.278 e. The topological polar surface area (TPSA) is 96.3 Å². The van der Waals surface area contributed by atoms with E-state index in [1.807, 2.05) is 0 Å². The summed E-state index contributed by atoms with van der Waals surface area (Å²) in [4.78, 5) is 30.1. The van der Waals surface area contributed by atoms with Gasteiger partial charge in [0.25, 0.3) is 12.3 Å². The van der Waals surface area contributed by atoms with Gasteiger partial charge in [-0.2, -0.15) is 0 Å². The highest BCUT2D eigenvalue weighted by molar-refractivity contribution is 5.95. The number of alkyl halides is 2. The number of amides is 2. The predicted molar refractivity (Wildman–Crippen MR) is 149 cm³/mol. The lowest BCUT2D eigenvalue weighted by Gasteiger charge is -2.22. The van der Waals surface area contributed by atoms with E-state index in [1.165, 1.54) is 31.6 Å². The van der Waals surface area contributed by atoms with Gasteiger partial charge in [-0.25, -0.2) is 22.0 Å². The number of aliphatic hydroxyl groups is 1. The fourth-order valence-electron chi connectivity index (χ4n) is 6.27. The minimum atomic E-state index is -2.88. The Hall–Kier alpha value is -4.58. The second-order valence-corrected chi connectivity index (χ2v) is 11.1. The van der Waals surface area contributed by atoms with E-state index in [4.69, 9.17) is 0 Å². The Kier molecular flexibility index (Phi) is 7.70. The summed E-state index contributed by atoms with van der Waals surface area (Å²) >= 11 is 0. The molecule has 12 heteroatoms. The van der Waals surface area contributed by atoms with E-state index in [2.05, 4.69) is 15.6 Å². The van der Waals surface area contributed by atoms with Crippen LogP contribution in [-0.2, 0) is 17.8 Å². The van der Waals surface area contributed by atoms with Gasteiger partial charge in [-0.05, 0) is 71.7 Å². The summed E-state index contributed by atoms with van der Waals surface area (Å²) in [5.41, 5.74) is 1.46. The molecule has 7 nitrogen and oxygen atoms in total. The number of fused-ring (bicyclic) bond motifs is 3. The third kappa shape index (κ3) is 5.45. The van der Waals surface area contributed by atoms with Crippen LogP contribution in [0.2, 0.25) is 0 Å². The standard InChI is InChI=1S/C32H27F5N4O3/c1-38-32(44)22-10-16(4-5-24(22)35)19-3-2-6-39-28(19)25(9-15-7-17(33)11-18(34)8-15)40-26(42)14-41-13-23-27(29(41)31(36)37)20-12-21(20)30(23)43/h2-8,10-11,13,20-21,25,30-31,43H,9,12,14H2,1H3,(H,38,44)(H,40,42)/t20?,21?,25-,30?/m0/s1. The first-order valence-corrected chi connectivity index (χ1v) is 14.0. The lowest BCUT2D eigenvalue weighted by atomic mass is 9.94. The third-order valence-corrected chi connectivity index (χ3v) is 8.26. The first kappa shape index (κ1) is 29.5. The molecular formula is C32H27F5N4O3. The smallest absolute Gasteiger partial charge is 0.278 e. The Morgan fingerprint density at radius 3 is 2.55 bits per heavy atom. The van der Waals surface area contributed by atoms with Crippen molar-refractivity contribution in [3.05, 3.63) is 112 Å². The molecule has 2 aliphatic carbocycles. The minimum Gasteiger partial charge on any atom is -0.388 e. The summed E-state index contributed by atoms with van der Waals surface area (Å²) in [6.07, 6.45) is -0.440. The maximum absolute atomic E-state index is 14.4. The molecule has 4 aromatic rings. The van der Waals surface area contributed by atoms with Crippen molar-refractivity contribution >= 4 is 11.8 Å². The number of hydrogen-bond acceptors (Lipinski definition) is 4. The number of carbonyl (C=O) groups is 2. The van der Waals surface area contributed by atoms with Crippen molar-refractivity contribution in [1.82, 2.24) is 20.2 Å². The Balaban J connectivity index is 1.36. The van der Waals surface area contributed by atoms with Crippen molar-refractivity contribution in [2.45, 2.75) is 43.9 Å². The second kappa shape index (κ2) is 11.5. The Labute approximate surface area is 248 Å². The van der Waals surface area contributed by atoms with Crippen molar-refractivity contribution in [1.29, 1.82) is 0 Å². The highest BCUT2D eigenvalue weighted by Crippen LogP contribution is 2.63. The molecule has 2 aromatic heterocycles. The first-order chi connectivity index (χ1) is 21.0. The Bertz CT molecular complexity index is 1750. The van der Waals surface area contributed by atoms with Crippen molar-refractivity contribution in [3.8, 4) is 11.1 Å². The van der Waals surface area contributed by atoms with Gasteiger partial charge in [0.05, 0.1) is 29.1 Å². The number of aromatic nitrogens is 2. The Morgan fingerprint density at radius 2 is 1.84 bits per heavy atom. The number of nitrogens with zero attached hydrogens (tertiary/aromatic N) is 2. The SMILES string of the molecule is CNC(=O)c1cc(-c2cccnc2[C@H](Cc2cc(F)cc(F)c2)NC(=O)Cn2cc3c(c2C(F)F)C2CC2C3O)ccc1F. The average Bonchev–Trinajstić information content (AvgIpc) is 3.61. The molecule has 6 rings (SSSR count). The zero-order chi connectivity index (χ0) is 31.3. The quantitative estimate of drug-likeness (QED) is 0.218. The summed E-state index contributed by atoms with van der Waals surface area (Å²) in [5.74, 6) is -4.00. The van der Waals surface area contributed by atoms with Gasteiger partial charge in [0.15, 0.2) is 0 Å². The van der Waals surface area contributed by atoms with Crippen LogP contribution < -0.4 is 10.6 Å². The molecule has 3 unspecified atom stereocenters. The first-order valence-electron chi connectivity index (χ1n) is 14.0. The number of benzene rings is 2. The van der Waals surface area contributed by atoms with Crippen LogP contribution in [0.25, 0.3) is 11.1 Å². The number of pyridine rings is 1. The molecule has 2 aromatic carbocycles. The minimum absolute atomic E-state index is 0.0741. The molecule has 1 fully saturated rings. The lowest BCUT2D eigenvalue weighted by molar-refractivity contribution is -0.122. The molecule has 44 heavy (non-hydrogen) atoms. The zero-order valence-corrected chi connectivity index (χ0v) is 23.3. The summed E-state index contributed by atoms with van der Waals surface area (Å²) in [6, 6.07) is 8.97. The normalized spacial score (nSPS) is 19.0. The van der Waals surface area contributed by atoms with Crippen LogP contribution in [0.15, 0.2) is 60.9 Å². The van der Waals surface area contributed by atoms with Gasteiger partial charge >= 0.3 is 0 Å². The zero-order valence-electron chi connectivity index (χ0n) is 23.3. The van der Waals surface area contributed by atoms with Crippen molar-refractivity contribution < 1.29 is 36.6 Å². The largest absolute Gasteiger partial charge is 0.388 e. The van der Waals surface area contributed by atoms with Crippen molar-refractivity contribution in [3.63, 3.8) is 0 Å². The highest BCUT2D eigenvalue weighted by atomic mass is 19.3. The van der Waals surface area contributed by atoms with E-state index in [1.54, 1.807) is 12.1 Å². The van der Waals surface area contributed by atoms with Gasteiger partial charge in [-0.1, -0.05) is 12.1 Å². The van der Waals surface area contributed by atoms with Crippen LogP contribution in [0.1, 0.15) is 69.3 Å². The average molecular weight is 611 g/mol. The van der Waals surface area contributed by atoms with Gasteiger partial charge in [-0.3, -0.25) is 14.6 Å². The van der Waals surface area contributed by atoms with Gasteiger partial charge in [0.1, 0.15) is 24.0 Å². The fourth-order valence-corrected chi connectivity index (χ4v) is 6.27. The summed E-state index contributed by atoms with van der Waals surface area (Å²) in [5, 5.41) is 15.6. The van der Waals surface area contributed by atoms with Gasteiger partial charge in [0.2, 0.25) is 5.91 Å². The molecular weight excluding hydrogens is 583 g/mol. The van der Waals surface area contributed by atoms with Crippen LogP contribution >= 0.6 is 0 Å². The van der Waals surface area contributed by atoms with E-state index in [9.17, 15) is 36.6 Å². The second-order valence-electron chi connectivity index (χ2n) is 11.1. The van der Waals surface area contributed by atoms with Crippen LogP contribution in [0.4, 0.5) is 22.0 Å². The van der Waals surface area contributed by atoms with Crippen LogP contribution in [0.3, 0.4) is 0 Å². The van der Waals surface area contributed by atoms with E-state index in [0.29, 0.717) is 34.7 Å². The number of hydrogen-bond donors (Lipinski definition) is 3. The highest BCUT2D eigenvalue weighted by Gasteiger charge is 2.54.